The number of carbonyl (C=O) groups is 1. The summed E-state index contributed by atoms with van der Waals surface area (Å²) in [6, 6.07) is 5.92. The number of benzene rings is 1. The molecular weight excluding hydrogens is 288 g/mol. The Hall–Kier alpha value is -1.10. The Bertz CT molecular complexity index is 451. The van der Waals surface area contributed by atoms with Gasteiger partial charge < -0.3 is 14.5 Å². The van der Waals surface area contributed by atoms with Gasteiger partial charge in [0.05, 0.1) is 6.42 Å². The number of esters is 1. The first-order valence-corrected chi connectivity index (χ1v) is 7.24. The topological polar surface area (TPSA) is 32.8 Å². The monoisotopic (exact) mass is 312 g/mol. The second-order valence-electron chi connectivity index (χ2n) is 5.59. The van der Waals surface area contributed by atoms with Crippen LogP contribution in [0, 0.1) is 13.8 Å². The zero-order valence-electron chi connectivity index (χ0n) is 13.1. The van der Waals surface area contributed by atoms with Crippen LogP contribution in [0.25, 0.3) is 0 Å². The number of carbonyl (C=O) groups excluding carboxylic acids is 1. The van der Waals surface area contributed by atoms with Gasteiger partial charge in [0.2, 0.25) is 0 Å². The van der Waals surface area contributed by atoms with Crippen LogP contribution in [0.2, 0.25) is 0 Å². The maximum absolute atomic E-state index is 12.0. The average molecular weight is 313 g/mol. The summed E-state index contributed by atoms with van der Waals surface area (Å²) in [5.41, 5.74) is 2.02. The molecule has 1 saturated heterocycles. The van der Waals surface area contributed by atoms with Crippen molar-refractivity contribution < 1.29 is 9.53 Å². The van der Waals surface area contributed by atoms with E-state index in [0.29, 0.717) is 6.42 Å². The van der Waals surface area contributed by atoms with Gasteiger partial charge in [-0.1, -0.05) is 18.2 Å². The molecule has 0 aliphatic carbocycles. The van der Waals surface area contributed by atoms with Gasteiger partial charge in [-0.25, -0.2) is 0 Å². The van der Waals surface area contributed by atoms with E-state index in [4.69, 9.17) is 4.74 Å². The third kappa shape index (κ3) is 5.30. The van der Waals surface area contributed by atoms with Crippen molar-refractivity contribution in [2.24, 2.45) is 0 Å². The second kappa shape index (κ2) is 8.37. The number of ether oxygens (including phenoxy) is 1. The number of nitrogens with zero attached hydrogens (tertiary/aromatic N) is 2. The third-order valence-corrected chi connectivity index (χ3v) is 3.85. The van der Waals surface area contributed by atoms with E-state index in [0.717, 1.165) is 49.6 Å². The van der Waals surface area contributed by atoms with Gasteiger partial charge in [0.25, 0.3) is 0 Å². The molecule has 0 unspecified atom stereocenters. The van der Waals surface area contributed by atoms with Crippen molar-refractivity contribution in [2.75, 3.05) is 39.8 Å². The Labute approximate surface area is 133 Å². The summed E-state index contributed by atoms with van der Waals surface area (Å²) in [4.78, 5) is 16.6. The van der Waals surface area contributed by atoms with Crippen LogP contribution in [0.4, 0.5) is 0 Å². The number of piperazine rings is 1. The van der Waals surface area contributed by atoms with Gasteiger partial charge in [0.1, 0.15) is 5.75 Å². The molecule has 4 nitrogen and oxygen atoms in total. The molecule has 0 spiro atoms. The van der Waals surface area contributed by atoms with Crippen LogP contribution in [0.3, 0.4) is 0 Å². The molecule has 0 amide bonds. The highest BCUT2D eigenvalue weighted by atomic mass is 35.5. The van der Waals surface area contributed by atoms with Crippen molar-refractivity contribution in [3.05, 3.63) is 29.3 Å². The van der Waals surface area contributed by atoms with Gasteiger partial charge in [0.15, 0.2) is 0 Å². The van der Waals surface area contributed by atoms with E-state index in [9.17, 15) is 4.79 Å². The van der Waals surface area contributed by atoms with E-state index in [1.807, 2.05) is 32.0 Å². The predicted octanol–water partition coefficient (Wildman–Crippen LogP) is 2.27. The minimum Gasteiger partial charge on any atom is -0.426 e. The summed E-state index contributed by atoms with van der Waals surface area (Å²) in [5, 5.41) is 0. The van der Waals surface area contributed by atoms with Crippen molar-refractivity contribution in [1.29, 1.82) is 0 Å². The summed E-state index contributed by atoms with van der Waals surface area (Å²) < 4.78 is 5.51. The Morgan fingerprint density at radius 2 is 1.71 bits per heavy atom. The van der Waals surface area contributed by atoms with Crippen molar-refractivity contribution in [2.45, 2.75) is 20.3 Å². The number of hydrogen-bond donors (Lipinski definition) is 0. The highest BCUT2D eigenvalue weighted by Crippen LogP contribution is 2.22. The van der Waals surface area contributed by atoms with E-state index < -0.39 is 0 Å². The predicted molar refractivity (Wildman–Crippen MR) is 87.4 cm³/mol. The van der Waals surface area contributed by atoms with E-state index >= 15 is 0 Å². The fraction of sp³-hybridized carbons (Fsp3) is 0.562. The van der Waals surface area contributed by atoms with Gasteiger partial charge >= 0.3 is 5.97 Å². The highest BCUT2D eigenvalue weighted by molar-refractivity contribution is 5.85. The molecule has 0 radical (unpaired) electrons. The fourth-order valence-electron chi connectivity index (χ4n) is 2.45. The minimum absolute atomic E-state index is 0. The summed E-state index contributed by atoms with van der Waals surface area (Å²) >= 11 is 0. The van der Waals surface area contributed by atoms with Crippen LogP contribution in [-0.2, 0) is 4.79 Å². The first-order chi connectivity index (χ1) is 9.56. The molecule has 2 rings (SSSR count). The molecule has 1 aliphatic heterocycles. The Balaban J connectivity index is 0.00000220. The lowest BCUT2D eigenvalue weighted by molar-refractivity contribution is -0.134. The lowest BCUT2D eigenvalue weighted by Gasteiger charge is -2.32. The summed E-state index contributed by atoms with van der Waals surface area (Å²) in [7, 11) is 2.13. The average Bonchev–Trinajstić information content (AvgIpc) is 2.42. The maximum Gasteiger partial charge on any atom is 0.312 e. The molecule has 1 heterocycles. The lowest BCUT2D eigenvalue weighted by atomic mass is 10.1. The lowest BCUT2D eigenvalue weighted by Crippen LogP contribution is -2.45. The van der Waals surface area contributed by atoms with Crippen LogP contribution in [0.1, 0.15) is 17.5 Å². The molecule has 5 heteroatoms. The van der Waals surface area contributed by atoms with Crippen LogP contribution >= 0.6 is 12.4 Å². The normalized spacial score (nSPS) is 16.3. The molecule has 0 N–H and O–H groups in total. The molecule has 0 aromatic heterocycles. The summed E-state index contributed by atoms with van der Waals surface area (Å²) in [5.74, 6) is 0.581. The number of aryl methyl sites for hydroxylation is 2. The number of para-hydroxylation sites is 1. The molecule has 1 aromatic carbocycles. The van der Waals surface area contributed by atoms with Crippen LogP contribution < -0.4 is 4.74 Å². The Morgan fingerprint density at radius 3 is 2.29 bits per heavy atom. The molecule has 118 valence electrons. The van der Waals surface area contributed by atoms with E-state index in [-0.39, 0.29) is 18.4 Å². The zero-order valence-corrected chi connectivity index (χ0v) is 13.9. The van der Waals surface area contributed by atoms with Crippen LogP contribution in [0.15, 0.2) is 18.2 Å². The van der Waals surface area contributed by atoms with E-state index in [1.165, 1.54) is 0 Å². The quantitative estimate of drug-likeness (QED) is 0.631. The standard InChI is InChI=1S/C16H24N2O2.ClH/c1-13-5-4-6-14(2)16(13)20-15(19)7-8-18-11-9-17(3)10-12-18;/h4-6H,7-12H2,1-3H3;1H. The van der Waals surface area contributed by atoms with Crippen molar-refractivity contribution in [3.63, 3.8) is 0 Å². The van der Waals surface area contributed by atoms with Gasteiger partial charge in [-0.05, 0) is 32.0 Å². The smallest absolute Gasteiger partial charge is 0.312 e. The van der Waals surface area contributed by atoms with Crippen molar-refractivity contribution in [3.8, 4) is 5.75 Å². The highest BCUT2D eigenvalue weighted by Gasteiger charge is 2.16. The van der Waals surface area contributed by atoms with Gasteiger partial charge in [-0.2, -0.15) is 0 Å². The number of likely N-dealkylation sites (N-methyl/N-ethyl adjacent to an activating group) is 1. The van der Waals surface area contributed by atoms with Crippen LogP contribution in [-0.4, -0.2) is 55.5 Å². The van der Waals surface area contributed by atoms with Crippen molar-refractivity contribution >= 4 is 18.4 Å². The first-order valence-electron chi connectivity index (χ1n) is 7.24. The van der Waals surface area contributed by atoms with Crippen molar-refractivity contribution in [1.82, 2.24) is 9.80 Å². The molecule has 21 heavy (non-hydrogen) atoms. The zero-order chi connectivity index (χ0) is 14.5. The molecular formula is C16H25ClN2O2. The Kier molecular flexibility index (Phi) is 7.15. The van der Waals surface area contributed by atoms with Crippen LogP contribution in [0.5, 0.6) is 5.75 Å². The van der Waals surface area contributed by atoms with Gasteiger partial charge in [0, 0.05) is 32.7 Å². The molecule has 0 atom stereocenters. The van der Waals surface area contributed by atoms with Gasteiger partial charge in [-0.3, -0.25) is 4.79 Å². The second-order valence-corrected chi connectivity index (χ2v) is 5.59. The largest absolute Gasteiger partial charge is 0.426 e. The van der Waals surface area contributed by atoms with Gasteiger partial charge in [-0.15, -0.1) is 12.4 Å². The van der Waals surface area contributed by atoms with E-state index in [1.54, 1.807) is 0 Å². The Morgan fingerprint density at radius 1 is 1.14 bits per heavy atom. The molecule has 0 bridgehead atoms. The first kappa shape index (κ1) is 18.0. The number of hydrogen-bond acceptors (Lipinski definition) is 4. The number of halogens is 1. The molecule has 1 aromatic rings. The molecule has 1 fully saturated rings. The molecule has 0 saturated carbocycles. The molecule has 1 aliphatic rings. The van der Waals surface area contributed by atoms with E-state index in [2.05, 4.69) is 16.8 Å². The third-order valence-electron chi connectivity index (χ3n) is 3.85. The summed E-state index contributed by atoms with van der Waals surface area (Å²) in [6.07, 6.45) is 0.456. The fourth-order valence-corrected chi connectivity index (χ4v) is 2.45. The minimum atomic E-state index is -0.138. The SMILES string of the molecule is Cc1cccc(C)c1OC(=O)CCN1CCN(C)CC1.Cl. The maximum atomic E-state index is 12.0. The number of rotatable bonds is 4. The summed E-state index contributed by atoms with van der Waals surface area (Å²) in [6.45, 7) is 8.95.